The first-order valence-corrected chi connectivity index (χ1v) is 10.9. The van der Waals surface area contributed by atoms with Crippen molar-refractivity contribution in [2.45, 2.75) is 20.3 Å². The minimum absolute atomic E-state index is 0.144. The average Bonchev–Trinajstić information content (AvgIpc) is 2.82. The number of aliphatic imine (C=N–C) groups is 1. The molecule has 0 unspecified atom stereocenters. The Bertz CT molecular complexity index is 886. The van der Waals surface area contributed by atoms with Crippen LogP contribution in [0.25, 0.3) is 0 Å². The number of methoxy groups -OCH3 is 1. The number of guanidine groups is 1. The Hall–Kier alpha value is -3.42. The molecule has 0 bridgehead atoms. The molecule has 0 saturated carbocycles. The molecule has 174 valence electrons. The predicted octanol–water partition coefficient (Wildman–Crippen LogP) is 2.63. The van der Waals surface area contributed by atoms with Crippen LogP contribution in [0.15, 0.2) is 47.5 Å². The molecule has 0 saturated heterocycles. The Labute approximate surface area is 190 Å². The van der Waals surface area contributed by atoms with Crippen molar-refractivity contribution in [3.63, 3.8) is 0 Å². The number of hydrogen-bond acceptors (Lipinski definition) is 5. The Morgan fingerprint density at radius 3 is 2.34 bits per heavy atom. The summed E-state index contributed by atoms with van der Waals surface area (Å²) in [5.41, 5.74) is 1.71. The van der Waals surface area contributed by atoms with Crippen LogP contribution in [-0.4, -0.2) is 58.9 Å². The molecular formula is C24H34N4O4. The highest BCUT2D eigenvalue weighted by molar-refractivity contribution is 5.94. The zero-order valence-corrected chi connectivity index (χ0v) is 19.4. The number of amides is 1. The molecule has 0 aliphatic carbocycles. The fourth-order valence-electron chi connectivity index (χ4n) is 3.02. The van der Waals surface area contributed by atoms with Crippen molar-refractivity contribution in [2.75, 3.05) is 47.0 Å². The third kappa shape index (κ3) is 8.02. The molecule has 2 aromatic rings. The predicted molar refractivity (Wildman–Crippen MR) is 127 cm³/mol. The molecule has 8 heteroatoms. The lowest BCUT2D eigenvalue weighted by atomic mass is 10.1. The quantitative estimate of drug-likeness (QED) is 0.266. The molecule has 0 aliphatic rings. The number of benzene rings is 2. The second kappa shape index (κ2) is 13.8. The highest BCUT2D eigenvalue weighted by Gasteiger charge is 2.08. The van der Waals surface area contributed by atoms with E-state index in [0.717, 1.165) is 23.5 Å². The second-order valence-electron chi connectivity index (χ2n) is 6.81. The van der Waals surface area contributed by atoms with Crippen LogP contribution < -0.4 is 30.2 Å². The fourth-order valence-corrected chi connectivity index (χ4v) is 3.02. The Morgan fingerprint density at radius 1 is 0.906 bits per heavy atom. The van der Waals surface area contributed by atoms with Crippen LogP contribution in [0.5, 0.6) is 17.2 Å². The minimum Gasteiger partial charge on any atom is -0.497 e. The van der Waals surface area contributed by atoms with Gasteiger partial charge < -0.3 is 30.2 Å². The number of rotatable bonds is 12. The molecule has 2 aromatic carbocycles. The standard InChI is InChI=1S/C24H34N4O4/c1-5-31-21-11-10-18(16-22(21)32-6-2)12-13-27-24(25-3)28-15-14-26-23(29)19-8-7-9-20(17-19)30-4/h7-11,16-17H,5-6,12-15H2,1-4H3,(H,26,29)(H2,25,27,28). The van der Waals surface area contributed by atoms with E-state index < -0.39 is 0 Å². The molecule has 0 fully saturated rings. The summed E-state index contributed by atoms with van der Waals surface area (Å²) >= 11 is 0. The summed E-state index contributed by atoms with van der Waals surface area (Å²) in [5.74, 6) is 2.72. The number of nitrogens with one attached hydrogen (secondary N) is 3. The van der Waals surface area contributed by atoms with E-state index in [1.165, 1.54) is 0 Å². The molecule has 32 heavy (non-hydrogen) atoms. The summed E-state index contributed by atoms with van der Waals surface area (Å²) in [5, 5.41) is 9.36. The fraction of sp³-hybridized carbons (Fsp3) is 0.417. The van der Waals surface area contributed by atoms with Crippen molar-refractivity contribution < 1.29 is 19.0 Å². The first-order chi connectivity index (χ1) is 15.6. The number of ether oxygens (including phenoxy) is 3. The van der Waals surface area contributed by atoms with Crippen molar-refractivity contribution in [1.82, 2.24) is 16.0 Å². The molecule has 2 rings (SSSR count). The van der Waals surface area contributed by atoms with Crippen molar-refractivity contribution in [2.24, 2.45) is 4.99 Å². The SMILES string of the molecule is CCOc1ccc(CCNC(=NC)NCCNC(=O)c2cccc(OC)c2)cc1OCC. The van der Waals surface area contributed by atoms with Gasteiger partial charge in [0.1, 0.15) is 5.75 Å². The molecule has 8 nitrogen and oxygen atoms in total. The van der Waals surface area contributed by atoms with Gasteiger partial charge in [-0.1, -0.05) is 12.1 Å². The maximum Gasteiger partial charge on any atom is 0.251 e. The highest BCUT2D eigenvalue weighted by atomic mass is 16.5. The van der Waals surface area contributed by atoms with Crippen molar-refractivity contribution in [3.8, 4) is 17.2 Å². The summed E-state index contributed by atoms with van der Waals surface area (Å²) in [4.78, 5) is 16.5. The van der Waals surface area contributed by atoms with E-state index in [1.807, 2.05) is 32.0 Å². The zero-order chi connectivity index (χ0) is 23.2. The summed E-state index contributed by atoms with van der Waals surface area (Å²) in [7, 11) is 3.29. The first kappa shape index (κ1) is 24.8. The van der Waals surface area contributed by atoms with Gasteiger partial charge in [-0.25, -0.2) is 0 Å². The van der Waals surface area contributed by atoms with Crippen molar-refractivity contribution >= 4 is 11.9 Å². The zero-order valence-electron chi connectivity index (χ0n) is 19.4. The Kier molecular flexibility index (Phi) is 10.7. The van der Waals surface area contributed by atoms with Crippen LogP contribution in [-0.2, 0) is 6.42 Å². The lowest BCUT2D eigenvalue weighted by molar-refractivity contribution is 0.0954. The maximum absolute atomic E-state index is 12.2. The van der Waals surface area contributed by atoms with Crippen LogP contribution in [0.1, 0.15) is 29.8 Å². The Morgan fingerprint density at radius 2 is 1.62 bits per heavy atom. The van der Waals surface area contributed by atoms with E-state index in [4.69, 9.17) is 14.2 Å². The van der Waals surface area contributed by atoms with E-state index in [0.29, 0.717) is 50.1 Å². The number of nitrogens with zero attached hydrogens (tertiary/aromatic N) is 1. The topological polar surface area (TPSA) is 93.2 Å². The molecule has 0 atom stereocenters. The first-order valence-electron chi connectivity index (χ1n) is 10.9. The van der Waals surface area contributed by atoms with E-state index in [-0.39, 0.29) is 5.91 Å². The molecule has 1 amide bonds. The van der Waals surface area contributed by atoms with Gasteiger partial charge in [0.2, 0.25) is 0 Å². The number of hydrogen-bond donors (Lipinski definition) is 3. The van der Waals surface area contributed by atoms with Gasteiger partial charge in [0, 0.05) is 32.2 Å². The summed E-state index contributed by atoms with van der Waals surface area (Å²) in [6.45, 7) is 6.82. The number of carbonyl (C=O) groups is 1. The number of carbonyl (C=O) groups excluding carboxylic acids is 1. The molecule has 0 aliphatic heterocycles. The van der Waals surface area contributed by atoms with Gasteiger partial charge in [0.15, 0.2) is 17.5 Å². The van der Waals surface area contributed by atoms with Crippen LogP contribution in [0.3, 0.4) is 0 Å². The average molecular weight is 443 g/mol. The molecular weight excluding hydrogens is 408 g/mol. The van der Waals surface area contributed by atoms with Gasteiger partial charge in [0.05, 0.1) is 20.3 Å². The summed E-state index contributed by atoms with van der Waals surface area (Å²) in [6.07, 6.45) is 0.805. The third-order valence-electron chi connectivity index (χ3n) is 4.57. The van der Waals surface area contributed by atoms with Gasteiger partial charge in [-0.05, 0) is 56.2 Å². The molecule has 0 radical (unpaired) electrons. The smallest absolute Gasteiger partial charge is 0.251 e. The van der Waals surface area contributed by atoms with Gasteiger partial charge in [0.25, 0.3) is 5.91 Å². The van der Waals surface area contributed by atoms with Gasteiger partial charge in [-0.2, -0.15) is 0 Å². The van der Waals surface area contributed by atoms with E-state index in [2.05, 4.69) is 20.9 Å². The van der Waals surface area contributed by atoms with Gasteiger partial charge >= 0.3 is 0 Å². The molecule has 3 N–H and O–H groups in total. The lowest BCUT2D eigenvalue weighted by Crippen LogP contribution is -2.42. The van der Waals surface area contributed by atoms with E-state index in [9.17, 15) is 4.79 Å². The van der Waals surface area contributed by atoms with Crippen molar-refractivity contribution in [1.29, 1.82) is 0 Å². The highest BCUT2D eigenvalue weighted by Crippen LogP contribution is 2.28. The van der Waals surface area contributed by atoms with E-state index in [1.54, 1.807) is 38.4 Å². The van der Waals surface area contributed by atoms with Crippen LogP contribution in [0.2, 0.25) is 0 Å². The largest absolute Gasteiger partial charge is 0.497 e. The lowest BCUT2D eigenvalue weighted by Gasteiger charge is -2.14. The van der Waals surface area contributed by atoms with Crippen LogP contribution in [0, 0.1) is 0 Å². The van der Waals surface area contributed by atoms with Crippen LogP contribution >= 0.6 is 0 Å². The normalized spacial score (nSPS) is 10.9. The Balaban J connectivity index is 1.74. The molecule has 0 heterocycles. The third-order valence-corrected chi connectivity index (χ3v) is 4.57. The maximum atomic E-state index is 12.2. The summed E-state index contributed by atoms with van der Waals surface area (Å²) < 4.78 is 16.4. The van der Waals surface area contributed by atoms with Crippen molar-refractivity contribution in [3.05, 3.63) is 53.6 Å². The van der Waals surface area contributed by atoms with E-state index >= 15 is 0 Å². The monoisotopic (exact) mass is 442 g/mol. The minimum atomic E-state index is -0.144. The molecule has 0 aromatic heterocycles. The second-order valence-corrected chi connectivity index (χ2v) is 6.81. The van der Waals surface area contributed by atoms with Gasteiger partial charge in [-0.15, -0.1) is 0 Å². The summed E-state index contributed by atoms with van der Waals surface area (Å²) in [6, 6.07) is 13.1. The molecule has 0 spiro atoms. The van der Waals surface area contributed by atoms with Crippen LogP contribution in [0.4, 0.5) is 0 Å². The van der Waals surface area contributed by atoms with Gasteiger partial charge in [-0.3, -0.25) is 9.79 Å².